The Balaban J connectivity index is 1.62. The van der Waals surface area contributed by atoms with Crippen molar-refractivity contribution < 1.29 is 14.3 Å². The molecule has 0 aliphatic carbocycles. The van der Waals surface area contributed by atoms with Gasteiger partial charge < -0.3 is 15.0 Å². The van der Waals surface area contributed by atoms with E-state index in [9.17, 15) is 9.59 Å². The summed E-state index contributed by atoms with van der Waals surface area (Å²) in [5.74, 6) is -0.151. The van der Waals surface area contributed by atoms with Crippen LogP contribution in [0.5, 0.6) is 0 Å². The normalized spacial score (nSPS) is 20.7. The second-order valence-corrected chi connectivity index (χ2v) is 6.05. The molecule has 1 unspecified atom stereocenters. The van der Waals surface area contributed by atoms with Crippen molar-refractivity contribution in [3.8, 4) is 0 Å². The van der Waals surface area contributed by atoms with Crippen LogP contribution < -0.4 is 10.2 Å². The summed E-state index contributed by atoms with van der Waals surface area (Å²) in [5, 5.41) is 2.90. The lowest BCUT2D eigenvalue weighted by Crippen LogP contribution is -2.43. The van der Waals surface area contributed by atoms with E-state index in [1.54, 1.807) is 0 Å². The molecule has 2 aliphatic heterocycles. The van der Waals surface area contributed by atoms with Gasteiger partial charge in [-0.1, -0.05) is 0 Å². The summed E-state index contributed by atoms with van der Waals surface area (Å²) in [6, 6.07) is 7.47. The molecule has 0 aromatic heterocycles. The van der Waals surface area contributed by atoms with Gasteiger partial charge in [0, 0.05) is 31.0 Å². The Morgan fingerprint density at radius 2 is 1.78 bits per heavy atom. The van der Waals surface area contributed by atoms with Gasteiger partial charge >= 0.3 is 6.09 Å². The molecule has 0 radical (unpaired) electrons. The molecule has 6 nitrogen and oxygen atoms in total. The minimum atomic E-state index is -0.444. The van der Waals surface area contributed by atoms with E-state index in [-0.39, 0.29) is 5.91 Å². The zero-order chi connectivity index (χ0) is 16.2. The summed E-state index contributed by atoms with van der Waals surface area (Å²) >= 11 is 0. The standard InChI is InChI=1S/C17H23N3O3/c1-23-17(22)20-12-4-5-15(20)16(21)18-13-6-8-14(9-7-13)19-10-2-3-11-19/h6-9,15H,2-5,10-12H2,1H3,(H,18,21). The molecular weight excluding hydrogens is 294 g/mol. The summed E-state index contributed by atoms with van der Waals surface area (Å²) in [5.41, 5.74) is 1.95. The van der Waals surface area contributed by atoms with Crippen LogP contribution in [0.15, 0.2) is 24.3 Å². The maximum absolute atomic E-state index is 12.4. The fourth-order valence-electron chi connectivity index (χ4n) is 3.33. The van der Waals surface area contributed by atoms with Crippen molar-refractivity contribution in [2.45, 2.75) is 31.7 Å². The molecule has 3 rings (SSSR count). The Bertz CT molecular complexity index is 567. The second-order valence-electron chi connectivity index (χ2n) is 6.05. The van der Waals surface area contributed by atoms with Gasteiger partial charge in [-0.05, 0) is 49.9 Å². The third-order valence-electron chi connectivity index (χ3n) is 4.57. The molecule has 2 fully saturated rings. The van der Waals surface area contributed by atoms with Gasteiger partial charge in [-0.2, -0.15) is 0 Å². The fraction of sp³-hybridized carbons (Fsp3) is 0.529. The molecule has 1 aromatic carbocycles. The van der Waals surface area contributed by atoms with Gasteiger partial charge in [-0.3, -0.25) is 9.69 Å². The predicted octanol–water partition coefficient (Wildman–Crippen LogP) is 2.46. The first-order chi connectivity index (χ1) is 11.2. The van der Waals surface area contributed by atoms with Crippen molar-refractivity contribution in [2.75, 3.05) is 37.0 Å². The van der Waals surface area contributed by atoms with E-state index in [1.807, 2.05) is 24.3 Å². The third kappa shape index (κ3) is 3.41. The van der Waals surface area contributed by atoms with Crippen LogP contribution in [0.3, 0.4) is 0 Å². The van der Waals surface area contributed by atoms with E-state index in [4.69, 9.17) is 4.74 Å². The van der Waals surface area contributed by atoms with Crippen LogP contribution >= 0.6 is 0 Å². The lowest BCUT2D eigenvalue weighted by atomic mass is 10.2. The highest BCUT2D eigenvalue weighted by Crippen LogP contribution is 2.23. The van der Waals surface area contributed by atoms with Gasteiger partial charge in [0.1, 0.15) is 6.04 Å². The van der Waals surface area contributed by atoms with Crippen molar-refractivity contribution >= 4 is 23.4 Å². The first kappa shape index (κ1) is 15.6. The summed E-state index contributed by atoms with van der Waals surface area (Å²) in [6.07, 6.45) is 3.54. The lowest BCUT2D eigenvalue weighted by Gasteiger charge is -2.22. The maximum Gasteiger partial charge on any atom is 0.410 e. The monoisotopic (exact) mass is 317 g/mol. The number of methoxy groups -OCH3 is 1. The first-order valence-corrected chi connectivity index (χ1v) is 8.19. The van der Waals surface area contributed by atoms with Crippen LogP contribution in [0, 0.1) is 0 Å². The molecule has 0 saturated carbocycles. The molecule has 2 amide bonds. The highest BCUT2D eigenvalue weighted by molar-refractivity contribution is 5.97. The maximum atomic E-state index is 12.4. The smallest absolute Gasteiger partial charge is 0.410 e. The van der Waals surface area contributed by atoms with Gasteiger partial charge in [-0.25, -0.2) is 4.79 Å². The summed E-state index contributed by atoms with van der Waals surface area (Å²) in [6.45, 7) is 2.77. The molecule has 1 aromatic rings. The Morgan fingerprint density at radius 3 is 2.43 bits per heavy atom. The zero-order valence-corrected chi connectivity index (χ0v) is 13.5. The number of hydrogen-bond donors (Lipinski definition) is 1. The van der Waals surface area contributed by atoms with Gasteiger partial charge in [0.05, 0.1) is 7.11 Å². The molecular formula is C17H23N3O3. The SMILES string of the molecule is COC(=O)N1CCCC1C(=O)Nc1ccc(N2CCCC2)cc1. The summed E-state index contributed by atoms with van der Waals surface area (Å²) < 4.78 is 4.74. The van der Waals surface area contributed by atoms with Crippen LogP contribution in [0.4, 0.5) is 16.2 Å². The molecule has 124 valence electrons. The van der Waals surface area contributed by atoms with E-state index in [2.05, 4.69) is 10.2 Å². The van der Waals surface area contributed by atoms with Gasteiger partial charge in [-0.15, -0.1) is 0 Å². The van der Waals surface area contributed by atoms with Gasteiger partial charge in [0.15, 0.2) is 0 Å². The quantitative estimate of drug-likeness (QED) is 0.930. The van der Waals surface area contributed by atoms with E-state index in [0.717, 1.165) is 25.2 Å². The number of likely N-dealkylation sites (tertiary alicyclic amines) is 1. The highest BCUT2D eigenvalue weighted by atomic mass is 16.5. The number of carbonyl (C=O) groups excluding carboxylic acids is 2. The number of nitrogens with one attached hydrogen (secondary N) is 1. The molecule has 0 spiro atoms. The molecule has 6 heteroatoms. The summed E-state index contributed by atoms with van der Waals surface area (Å²) in [4.78, 5) is 27.9. The van der Waals surface area contributed by atoms with E-state index >= 15 is 0 Å². The lowest BCUT2D eigenvalue weighted by molar-refractivity contribution is -0.119. The van der Waals surface area contributed by atoms with Crippen LogP contribution in [0.2, 0.25) is 0 Å². The van der Waals surface area contributed by atoms with Crippen molar-refractivity contribution in [1.82, 2.24) is 4.90 Å². The number of benzene rings is 1. The Hall–Kier alpha value is -2.24. The largest absolute Gasteiger partial charge is 0.453 e. The number of hydrogen-bond acceptors (Lipinski definition) is 4. The number of rotatable bonds is 3. The average molecular weight is 317 g/mol. The van der Waals surface area contributed by atoms with Crippen molar-refractivity contribution in [1.29, 1.82) is 0 Å². The van der Waals surface area contributed by atoms with E-state index < -0.39 is 12.1 Å². The molecule has 0 bridgehead atoms. The first-order valence-electron chi connectivity index (χ1n) is 8.19. The zero-order valence-electron chi connectivity index (χ0n) is 13.5. The molecule has 2 aliphatic rings. The Kier molecular flexibility index (Phi) is 4.69. The number of ether oxygens (including phenoxy) is 1. The number of nitrogens with zero attached hydrogens (tertiary/aromatic N) is 2. The van der Waals surface area contributed by atoms with Crippen molar-refractivity contribution in [3.63, 3.8) is 0 Å². The Labute approximate surface area is 136 Å². The van der Waals surface area contributed by atoms with Gasteiger partial charge in [0.25, 0.3) is 0 Å². The van der Waals surface area contributed by atoms with Crippen LogP contribution in [0.25, 0.3) is 0 Å². The minimum absolute atomic E-state index is 0.151. The fourth-order valence-corrected chi connectivity index (χ4v) is 3.33. The highest BCUT2D eigenvalue weighted by Gasteiger charge is 2.34. The number of anilines is 2. The minimum Gasteiger partial charge on any atom is -0.453 e. The number of amides is 2. The average Bonchev–Trinajstić information content (AvgIpc) is 3.26. The molecule has 2 saturated heterocycles. The van der Waals surface area contributed by atoms with Gasteiger partial charge in [0.2, 0.25) is 5.91 Å². The topological polar surface area (TPSA) is 61.9 Å². The predicted molar refractivity (Wildman–Crippen MR) is 88.7 cm³/mol. The van der Waals surface area contributed by atoms with Crippen LogP contribution in [-0.2, 0) is 9.53 Å². The van der Waals surface area contributed by atoms with Crippen molar-refractivity contribution in [3.05, 3.63) is 24.3 Å². The van der Waals surface area contributed by atoms with E-state index in [1.165, 1.54) is 30.5 Å². The molecule has 23 heavy (non-hydrogen) atoms. The number of carbonyl (C=O) groups is 2. The van der Waals surface area contributed by atoms with Crippen LogP contribution in [0.1, 0.15) is 25.7 Å². The second kappa shape index (κ2) is 6.89. The van der Waals surface area contributed by atoms with Crippen LogP contribution in [-0.4, -0.2) is 49.7 Å². The molecule has 1 atom stereocenters. The third-order valence-corrected chi connectivity index (χ3v) is 4.57. The summed E-state index contributed by atoms with van der Waals surface area (Å²) in [7, 11) is 1.34. The Morgan fingerprint density at radius 1 is 1.09 bits per heavy atom. The van der Waals surface area contributed by atoms with E-state index in [0.29, 0.717) is 13.0 Å². The molecule has 2 heterocycles. The molecule has 1 N–H and O–H groups in total. The van der Waals surface area contributed by atoms with Crippen molar-refractivity contribution in [2.24, 2.45) is 0 Å².